The zero-order valence-electron chi connectivity index (χ0n) is 17.6. The highest BCUT2D eigenvalue weighted by atomic mass is 16.5. The van der Waals surface area contributed by atoms with E-state index in [0.717, 1.165) is 48.1 Å². The van der Waals surface area contributed by atoms with Crippen molar-refractivity contribution in [2.45, 2.75) is 39.7 Å². The van der Waals surface area contributed by atoms with Crippen molar-refractivity contribution in [3.63, 3.8) is 0 Å². The SMILES string of the molecule is CCNC(=NCC1CCCN(C)C1)NC(C)c1cc2cccc(OCC)c2o1. The predicted molar refractivity (Wildman–Crippen MR) is 115 cm³/mol. The van der Waals surface area contributed by atoms with Crippen LogP contribution in [0.5, 0.6) is 5.75 Å². The molecule has 1 aliphatic heterocycles. The number of aliphatic imine (C=N–C) groups is 1. The number of rotatable bonds is 7. The van der Waals surface area contributed by atoms with Crippen LogP contribution in [0.25, 0.3) is 11.0 Å². The molecule has 2 atom stereocenters. The summed E-state index contributed by atoms with van der Waals surface area (Å²) in [7, 11) is 2.19. The van der Waals surface area contributed by atoms with Crippen LogP contribution >= 0.6 is 0 Å². The van der Waals surface area contributed by atoms with E-state index in [4.69, 9.17) is 14.1 Å². The molecule has 0 aliphatic carbocycles. The number of nitrogens with one attached hydrogen (secondary N) is 2. The fourth-order valence-corrected chi connectivity index (χ4v) is 3.78. The van der Waals surface area contributed by atoms with Crippen molar-refractivity contribution in [3.05, 3.63) is 30.0 Å². The molecule has 2 heterocycles. The molecular formula is C22H34N4O2. The second kappa shape index (κ2) is 9.82. The number of nitrogens with zero attached hydrogens (tertiary/aromatic N) is 2. The lowest BCUT2D eigenvalue weighted by Crippen LogP contribution is -2.40. The van der Waals surface area contributed by atoms with Crippen LogP contribution in [0.2, 0.25) is 0 Å². The Balaban J connectivity index is 1.69. The van der Waals surface area contributed by atoms with Crippen LogP contribution in [0.15, 0.2) is 33.7 Å². The van der Waals surface area contributed by atoms with Gasteiger partial charge in [-0.25, -0.2) is 0 Å². The summed E-state index contributed by atoms with van der Waals surface area (Å²) in [5.41, 5.74) is 0.806. The van der Waals surface area contributed by atoms with Crippen molar-refractivity contribution >= 4 is 16.9 Å². The van der Waals surface area contributed by atoms with Gasteiger partial charge in [-0.05, 0) is 65.3 Å². The number of guanidine groups is 1. The van der Waals surface area contributed by atoms with Crippen LogP contribution < -0.4 is 15.4 Å². The van der Waals surface area contributed by atoms with Gasteiger partial charge < -0.3 is 24.7 Å². The molecule has 0 bridgehead atoms. The van der Waals surface area contributed by atoms with Crippen molar-refractivity contribution in [1.29, 1.82) is 0 Å². The molecule has 3 rings (SSSR count). The van der Waals surface area contributed by atoms with E-state index in [9.17, 15) is 0 Å². The minimum Gasteiger partial charge on any atom is -0.490 e. The summed E-state index contributed by atoms with van der Waals surface area (Å²) in [5.74, 6) is 3.14. The maximum absolute atomic E-state index is 6.12. The van der Waals surface area contributed by atoms with Crippen LogP contribution in [-0.4, -0.2) is 50.7 Å². The number of ether oxygens (including phenoxy) is 1. The molecule has 6 nitrogen and oxygen atoms in total. The van der Waals surface area contributed by atoms with Crippen LogP contribution in [0, 0.1) is 5.92 Å². The van der Waals surface area contributed by atoms with E-state index >= 15 is 0 Å². The molecule has 6 heteroatoms. The highest BCUT2D eigenvalue weighted by Crippen LogP contribution is 2.31. The van der Waals surface area contributed by atoms with Crippen LogP contribution in [0.3, 0.4) is 0 Å². The summed E-state index contributed by atoms with van der Waals surface area (Å²) in [6.45, 7) is 10.8. The molecule has 1 aliphatic rings. The molecule has 154 valence electrons. The van der Waals surface area contributed by atoms with Gasteiger partial charge in [-0.2, -0.15) is 0 Å². The summed E-state index contributed by atoms with van der Waals surface area (Å²) in [6, 6.07) is 8.08. The number of para-hydroxylation sites is 1. The third-order valence-corrected chi connectivity index (χ3v) is 5.18. The van der Waals surface area contributed by atoms with Gasteiger partial charge in [0.25, 0.3) is 0 Å². The van der Waals surface area contributed by atoms with Gasteiger partial charge in [-0.3, -0.25) is 4.99 Å². The number of hydrogen-bond acceptors (Lipinski definition) is 4. The summed E-state index contributed by atoms with van der Waals surface area (Å²) in [5, 5.41) is 7.90. The minimum absolute atomic E-state index is 0.00806. The van der Waals surface area contributed by atoms with Gasteiger partial charge in [0.05, 0.1) is 12.6 Å². The van der Waals surface area contributed by atoms with E-state index in [1.54, 1.807) is 0 Å². The Kier molecular flexibility index (Phi) is 7.20. The van der Waals surface area contributed by atoms with E-state index in [0.29, 0.717) is 12.5 Å². The van der Waals surface area contributed by atoms with Crippen LogP contribution in [0.1, 0.15) is 45.4 Å². The molecule has 2 unspecified atom stereocenters. The van der Waals surface area contributed by atoms with E-state index in [1.807, 2.05) is 19.1 Å². The summed E-state index contributed by atoms with van der Waals surface area (Å²) in [4.78, 5) is 7.24. The predicted octanol–water partition coefficient (Wildman–Crippen LogP) is 3.79. The largest absolute Gasteiger partial charge is 0.490 e. The summed E-state index contributed by atoms with van der Waals surface area (Å²) < 4.78 is 11.8. The molecule has 1 saturated heterocycles. The number of piperidine rings is 1. The Morgan fingerprint density at radius 1 is 1.39 bits per heavy atom. The lowest BCUT2D eigenvalue weighted by atomic mass is 9.99. The molecule has 0 radical (unpaired) electrons. The van der Waals surface area contributed by atoms with Gasteiger partial charge in [0, 0.05) is 25.0 Å². The summed E-state index contributed by atoms with van der Waals surface area (Å²) >= 11 is 0. The topological polar surface area (TPSA) is 62.0 Å². The smallest absolute Gasteiger partial charge is 0.191 e. The molecule has 0 saturated carbocycles. The molecule has 28 heavy (non-hydrogen) atoms. The zero-order valence-corrected chi connectivity index (χ0v) is 17.6. The summed E-state index contributed by atoms with van der Waals surface area (Å²) in [6.07, 6.45) is 2.52. The fraction of sp³-hybridized carbons (Fsp3) is 0.591. The van der Waals surface area contributed by atoms with Gasteiger partial charge >= 0.3 is 0 Å². The number of furan rings is 1. The molecule has 0 spiro atoms. The highest BCUT2D eigenvalue weighted by Gasteiger charge is 2.18. The molecule has 1 aromatic carbocycles. The number of benzene rings is 1. The van der Waals surface area contributed by atoms with Crippen molar-refractivity contribution in [2.24, 2.45) is 10.9 Å². The monoisotopic (exact) mass is 386 g/mol. The first-order valence-corrected chi connectivity index (χ1v) is 10.5. The lowest BCUT2D eigenvalue weighted by Gasteiger charge is -2.28. The van der Waals surface area contributed by atoms with E-state index < -0.39 is 0 Å². The van der Waals surface area contributed by atoms with Gasteiger partial charge in [0.15, 0.2) is 17.3 Å². The van der Waals surface area contributed by atoms with Gasteiger partial charge in [-0.15, -0.1) is 0 Å². The number of likely N-dealkylation sites (tertiary alicyclic amines) is 1. The molecular weight excluding hydrogens is 352 g/mol. The quantitative estimate of drug-likeness (QED) is 0.560. The van der Waals surface area contributed by atoms with Crippen LogP contribution in [-0.2, 0) is 0 Å². The Hall–Kier alpha value is -2.21. The molecule has 1 fully saturated rings. The molecule has 2 aromatic rings. The second-order valence-electron chi connectivity index (χ2n) is 7.61. The van der Waals surface area contributed by atoms with Crippen molar-refractivity contribution in [2.75, 3.05) is 39.8 Å². The molecule has 1 aromatic heterocycles. The Morgan fingerprint density at radius 3 is 3.00 bits per heavy atom. The lowest BCUT2D eigenvalue weighted by molar-refractivity contribution is 0.214. The van der Waals surface area contributed by atoms with Gasteiger partial charge in [0.1, 0.15) is 5.76 Å². The van der Waals surface area contributed by atoms with E-state index in [2.05, 4.69) is 48.6 Å². The first-order valence-electron chi connectivity index (χ1n) is 10.5. The Bertz CT molecular complexity index is 786. The minimum atomic E-state index is 0.00806. The zero-order chi connectivity index (χ0) is 19.9. The molecule has 2 N–H and O–H groups in total. The average molecular weight is 387 g/mol. The fourth-order valence-electron chi connectivity index (χ4n) is 3.78. The normalized spacial score (nSPS) is 19.6. The Morgan fingerprint density at radius 2 is 2.25 bits per heavy atom. The van der Waals surface area contributed by atoms with Crippen molar-refractivity contribution in [3.8, 4) is 5.75 Å². The van der Waals surface area contributed by atoms with Crippen molar-refractivity contribution < 1.29 is 9.15 Å². The van der Waals surface area contributed by atoms with E-state index in [-0.39, 0.29) is 6.04 Å². The van der Waals surface area contributed by atoms with Crippen LogP contribution in [0.4, 0.5) is 0 Å². The van der Waals surface area contributed by atoms with Gasteiger partial charge in [0.2, 0.25) is 0 Å². The average Bonchev–Trinajstić information content (AvgIpc) is 3.12. The maximum Gasteiger partial charge on any atom is 0.191 e. The highest BCUT2D eigenvalue weighted by molar-refractivity contribution is 5.84. The van der Waals surface area contributed by atoms with Gasteiger partial charge in [-0.1, -0.05) is 12.1 Å². The maximum atomic E-state index is 6.12. The van der Waals surface area contributed by atoms with E-state index in [1.165, 1.54) is 19.4 Å². The number of hydrogen-bond donors (Lipinski definition) is 2. The third kappa shape index (κ3) is 5.19. The number of fused-ring (bicyclic) bond motifs is 1. The first kappa shape index (κ1) is 20.5. The standard InChI is InChI=1S/C22H34N4O2/c1-5-23-22(24-14-17-9-8-12-26(4)15-17)25-16(3)20-13-18-10-7-11-19(27-6-2)21(18)28-20/h7,10-11,13,16-17H,5-6,8-9,12,14-15H2,1-4H3,(H2,23,24,25). The first-order chi connectivity index (χ1) is 13.6. The molecule has 0 amide bonds. The third-order valence-electron chi connectivity index (χ3n) is 5.18. The van der Waals surface area contributed by atoms with Crippen molar-refractivity contribution in [1.82, 2.24) is 15.5 Å². The second-order valence-corrected chi connectivity index (χ2v) is 7.61. The Labute approximate surface area is 168 Å².